The fourth-order valence-electron chi connectivity index (χ4n) is 1.96. The first-order valence-corrected chi connectivity index (χ1v) is 5.40. The Bertz CT molecular complexity index is 629. The average molecular weight is 268 g/mol. The number of aliphatic hydroxyl groups excluding tert-OH is 2. The van der Waals surface area contributed by atoms with Crippen LogP contribution in [0.4, 0.5) is 0 Å². The Balaban J connectivity index is 2.46. The summed E-state index contributed by atoms with van der Waals surface area (Å²) in [6.45, 7) is -0.633. The van der Waals surface area contributed by atoms with Crippen LogP contribution in [0, 0.1) is 12.3 Å². The van der Waals surface area contributed by atoms with Crippen molar-refractivity contribution >= 4 is 0 Å². The molecular weight excluding hydrogens is 256 g/mol. The SMILES string of the molecule is C#C[C@]1(O)[C@H](CO)O[C@@H](n2ccc(=O)[nH]c2=O)[C@H]1O. The lowest BCUT2D eigenvalue weighted by molar-refractivity contribution is -0.0624. The zero-order chi connectivity index (χ0) is 14.2. The van der Waals surface area contributed by atoms with Crippen LogP contribution >= 0.6 is 0 Å². The molecule has 2 heterocycles. The summed E-state index contributed by atoms with van der Waals surface area (Å²) in [5, 5.41) is 29.1. The molecule has 0 saturated carbocycles. The molecule has 1 aromatic heterocycles. The molecule has 4 atom stereocenters. The molecule has 0 unspecified atom stereocenters. The van der Waals surface area contributed by atoms with Gasteiger partial charge in [-0.25, -0.2) is 4.79 Å². The van der Waals surface area contributed by atoms with Crippen LogP contribution in [-0.2, 0) is 4.74 Å². The summed E-state index contributed by atoms with van der Waals surface area (Å²) >= 11 is 0. The molecule has 102 valence electrons. The predicted octanol–water partition coefficient (Wildman–Crippen LogP) is -2.85. The highest BCUT2D eigenvalue weighted by Gasteiger charge is 2.55. The minimum atomic E-state index is -2.12. The molecule has 1 aliphatic rings. The fraction of sp³-hybridized carbons (Fsp3) is 0.455. The van der Waals surface area contributed by atoms with E-state index in [9.17, 15) is 19.8 Å². The van der Waals surface area contributed by atoms with Gasteiger partial charge in [-0.1, -0.05) is 5.92 Å². The van der Waals surface area contributed by atoms with E-state index in [2.05, 4.69) is 0 Å². The molecule has 8 heteroatoms. The Labute approximate surface area is 106 Å². The number of hydrogen-bond donors (Lipinski definition) is 4. The van der Waals surface area contributed by atoms with Crippen LogP contribution in [0.1, 0.15) is 6.23 Å². The molecule has 1 aromatic rings. The van der Waals surface area contributed by atoms with Gasteiger partial charge in [0.05, 0.1) is 6.61 Å². The molecule has 0 aromatic carbocycles. The Hall–Kier alpha value is -1.92. The van der Waals surface area contributed by atoms with Crippen LogP contribution in [0.5, 0.6) is 0 Å². The van der Waals surface area contributed by atoms with E-state index in [1.807, 2.05) is 10.9 Å². The van der Waals surface area contributed by atoms with E-state index >= 15 is 0 Å². The first kappa shape index (κ1) is 13.5. The van der Waals surface area contributed by atoms with E-state index in [-0.39, 0.29) is 0 Å². The number of aromatic amines is 1. The number of hydrogen-bond acceptors (Lipinski definition) is 6. The van der Waals surface area contributed by atoms with Gasteiger partial charge in [-0.3, -0.25) is 14.3 Å². The van der Waals surface area contributed by atoms with Crippen LogP contribution in [0.15, 0.2) is 21.9 Å². The van der Waals surface area contributed by atoms with Crippen molar-refractivity contribution < 1.29 is 20.1 Å². The summed E-state index contributed by atoms with van der Waals surface area (Å²) in [4.78, 5) is 24.5. The Morgan fingerprint density at radius 2 is 2.26 bits per heavy atom. The Morgan fingerprint density at radius 1 is 1.58 bits per heavy atom. The number of aromatic nitrogens is 2. The summed E-state index contributed by atoms with van der Waals surface area (Å²) in [7, 11) is 0. The highest BCUT2D eigenvalue weighted by molar-refractivity contribution is 5.19. The second-order valence-electron chi connectivity index (χ2n) is 4.13. The third-order valence-corrected chi connectivity index (χ3v) is 3.04. The zero-order valence-corrected chi connectivity index (χ0v) is 9.68. The molecule has 1 fully saturated rings. The molecule has 4 N–H and O–H groups in total. The molecule has 8 nitrogen and oxygen atoms in total. The van der Waals surface area contributed by atoms with Gasteiger partial charge >= 0.3 is 5.69 Å². The minimum Gasteiger partial charge on any atom is -0.394 e. The van der Waals surface area contributed by atoms with Crippen molar-refractivity contribution in [3.8, 4) is 12.3 Å². The van der Waals surface area contributed by atoms with Crippen molar-refractivity contribution in [2.75, 3.05) is 6.61 Å². The minimum absolute atomic E-state index is 0.611. The quantitative estimate of drug-likeness (QED) is 0.428. The summed E-state index contributed by atoms with van der Waals surface area (Å²) in [6.07, 6.45) is 2.06. The summed E-state index contributed by atoms with van der Waals surface area (Å²) < 4.78 is 6.06. The topological polar surface area (TPSA) is 125 Å². The second-order valence-corrected chi connectivity index (χ2v) is 4.13. The molecule has 0 aliphatic carbocycles. The maximum Gasteiger partial charge on any atom is 0.330 e. The standard InChI is InChI=1S/C11H12N2O6/c1-2-11(18)6(5-14)19-9(8(11)16)13-4-3-7(15)12-10(13)17/h1,3-4,6,8-9,14,16,18H,5H2,(H,12,15,17)/t6-,8+,9+,11-/m0/s1. The van der Waals surface area contributed by atoms with Gasteiger partial charge < -0.3 is 20.1 Å². The van der Waals surface area contributed by atoms with Crippen molar-refractivity contribution in [1.29, 1.82) is 0 Å². The van der Waals surface area contributed by atoms with Gasteiger partial charge in [-0.05, 0) is 0 Å². The van der Waals surface area contributed by atoms with Crippen LogP contribution in [0.25, 0.3) is 0 Å². The lowest BCUT2D eigenvalue weighted by atomic mass is 9.93. The van der Waals surface area contributed by atoms with Crippen molar-refractivity contribution in [2.24, 2.45) is 0 Å². The Kier molecular flexibility index (Phi) is 3.30. The molecule has 0 bridgehead atoms. The number of H-pyrrole nitrogens is 1. The first-order chi connectivity index (χ1) is 8.93. The lowest BCUT2D eigenvalue weighted by Gasteiger charge is -2.23. The van der Waals surface area contributed by atoms with Crippen molar-refractivity contribution in [2.45, 2.75) is 24.0 Å². The zero-order valence-electron chi connectivity index (χ0n) is 9.68. The smallest absolute Gasteiger partial charge is 0.330 e. The molecule has 1 saturated heterocycles. The average Bonchev–Trinajstić information content (AvgIpc) is 2.63. The first-order valence-electron chi connectivity index (χ1n) is 5.40. The van der Waals surface area contributed by atoms with Crippen molar-refractivity contribution in [1.82, 2.24) is 9.55 Å². The number of ether oxygens (including phenoxy) is 1. The molecule has 2 rings (SSSR count). The third kappa shape index (κ3) is 1.98. The second kappa shape index (κ2) is 4.64. The normalized spacial score (nSPS) is 34.1. The van der Waals surface area contributed by atoms with Gasteiger partial charge in [0.2, 0.25) is 0 Å². The monoisotopic (exact) mass is 268 g/mol. The van der Waals surface area contributed by atoms with E-state index in [0.717, 1.165) is 16.8 Å². The van der Waals surface area contributed by atoms with Gasteiger partial charge in [-0.15, -0.1) is 6.42 Å². The Morgan fingerprint density at radius 3 is 2.74 bits per heavy atom. The molecular formula is C11H12N2O6. The number of terminal acetylenes is 1. The molecule has 19 heavy (non-hydrogen) atoms. The fourth-order valence-corrected chi connectivity index (χ4v) is 1.96. The van der Waals surface area contributed by atoms with E-state index in [0.29, 0.717) is 0 Å². The van der Waals surface area contributed by atoms with Crippen LogP contribution in [-0.4, -0.2) is 49.3 Å². The van der Waals surface area contributed by atoms with Gasteiger partial charge in [0.25, 0.3) is 5.56 Å². The molecule has 0 radical (unpaired) electrons. The number of aliphatic hydroxyl groups is 3. The van der Waals surface area contributed by atoms with Crippen molar-refractivity contribution in [3.63, 3.8) is 0 Å². The van der Waals surface area contributed by atoms with Gasteiger partial charge in [0.1, 0.15) is 12.2 Å². The highest BCUT2D eigenvalue weighted by atomic mass is 16.6. The molecule has 0 spiro atoms. The highest BCUT2D eigenvalue weighted by Crippen LogP contribution is 2.35. The summed E-state index contributed by atoms with van der Waals surface area (Å²) in [5.41, 5.74) is -3.55. The van der Waals surface area contributed by atoms with Gasteiger partial charge in [0, 0.05) is 12.3 Å². The van der Waals surface area contributed by atoms with Gasteiger partial charge in [-0.2, -0.15) is 0 Å². The summed E-state index contributed by atoms with van der Waals surface area (Å²) in [5.74, 6) is 1.95. The van der Waals surface area contributed by atoms with Crippen LogP contribution < -0.4 is 11.2 Å². The van der Waals surface area contributed by atoms with E-state index < -0.39 is 41.9 Å². The van der Waals surface area contributed by atoms with Crippen molar-refractivity contribution in [3.05, 3.63) is 33.1 Å². The van der Waals surface area contributed by atoms with Gasteiger partial charge in [0.15, 0.2) is 11.8 Å². The third-order valence-electron chi connectivity index (χ3n) is 3.04. The number of rotatable bonds is 2. The molecule has 1 aliphatic heterocycles. The maximum atomic E-state index is 11.6. The largest absolute Gasteiger partial charge is 0.394 e. The van der Waals surface area contributed by atoms with E-state index in [1.165, 1.54) is 0 Å². The summed E-state index contributed by atoms with van der Waals surface area (Å²) in [6, 6.07) is 1.05. The van der Waals surface area contributed by atoms with E-state index in [4.69, 9.17) is 16.3 Å². The van der Waals surface area contributed by atoms with E-state index in [1.54, 1.807) is 0 Å². The molecule has 0 amide bonds. The number of nitrogens with one attached hydrogen (secondary N) is 1. The number of nitrogens with zero attached hydrogens (tertiary/aromatic N) is 1. The van der Waals surface area contributed by atoms with Crippen LogP contribution in [0.3, 0.4) is 0 Å². The lowest BCUT2D eigenvalue weighted by Crippen LogP contribution is -2.48. The predicted molar refractivity (Wildman–Crippen MR) is 62.1 cm³/mol. The van der Waals surface area contributed by atoms with Crippen LogP contribution in [0.2, 0.25) is 0 Å². The maximum absolute atomic E-state index is 11.6.